The predicted molar refractivity (Wildman–Crippen MR) is 96.2 cm³/mol. The first kappa shape index (κ1) is 17.6. The fourth-order valence-corrected chi connectivity index (χ4v) is 3.43. The molecule has 0 aliphatic rings. The van der Waals surface area contributed by atoms with E-state index in [1.165, 1.54) is 11.7 Å². The maximum Gasteiger partial charge on any atom is 0.318 e. The third-order valence-corrected chi connectivity index (χ3v) is 4.90. The van der Waals surface area contributed by atoms with Gasteiger partial charge in [0.25, 0.3) is 5.56 Å². The minimum absolute atomic E-state index is 0.216. The zero-order valence-electron chi connectivity index (χ0n) is 13.6. The average molecular weight is 379 g/mol. The zero-order chi connectivity index (χ0) is 18.0. The van der Waals surface area contributed by atoms with Crippen molar-refractivity contribution in [3.63, 3.8) is 0 Å². The molecule has 0 fully saturated rings. The topological polar surface area (TPSA) is 74.3 Å². The van der Waals surface area contributed by atoms with Crippen molar-refractivity contribution in [1.82, 2.24) is 9.55 Å². The fourth-order valence-electron chi connectivity index (χ4n) is 2.33. The van der Waals surface area contributed by atoms with Gasteiger partial charge in [-0.1, -0.05) is 23.4 Å². The Bertz CT molecular complexity index is 969. The number of furan rings is 1. The van der Waals surface area contributed by atoms with Gasteiger partial charge in [0.1, 0.15) is 11.0 Å². The number of hydrogen-bond donors (Lipinski definition) is 0. The van der Waals surface area contributed by atoms with Crippen LogP contribution in [0.25, 0.3) is 10.9 Å². The molecule has 0 saturated heterocycles. The number of aromatic nitrogens is 2. The van der Waals surface area contributed by atoms with Gasteiger partial charge in [0.2, 0.25) is 0 Å². The Kier molecular flexibility index (Phi) is 5.15. The Morgan fingerprint density at radius 1 is 1.44 bits per heavy atom. The van der Waals surface area contributed by atoms with Crippen LogP contribution in [-0.2, 0) is 16.1 Å². The Balaban J connectivity index is 2.13. The van der Waals surface area contributed by atoms with Gasteiger partial charge in [-0.05, 0) is 37.3 Å². The standard InChI is InChI=1S/C17H15ClN2O4S/c1-10(16(22)23-2)25-17-19-14-8-11(18)5-6-13(14)15(21)20(17)9-12-4-3-7-24-12/h3-8,10H,9H2,1-2H3/t10-/m1/s1. The molecule has 0 saturated carbocycles. The highest BCUT2D eigenvalue weighted by Crippen LogP contribution is 2.25. The molecule has 2 heterocycles. The molecule has 0 amide bonds. The minimum Gasteiger partial charge on any atom is -0.468 e. The van der Waals surface area contributed by atoms with Crippen LogP contribution in [0.5, 0.6) is 0 Å². The third kappa shape index (κ3) is 3.72. The number of hydrogen-bond acceptors (Lipinski definition) is 6. The second-order valence-corrected chi connectivity index (χ2v) is 7.05. The van der Waals surface area contributed by atoms with Crippen molar-refractivity contribution < 1.29 is 13.9 Å². The van der Waals surface area contributed by atoms with E-state index in [0.717, 1.165) is 11.8 Å². The summed E-state index contributed by atoms with van der Waals surface area (Å²) < 4.78 is 11.6. The molecular weight excluding hydrogens is 364 g/mol. The number of carbonyl (C=O) groups excluding carboxylic acids is 1. The van der Waals surface area contributed by atoms with Gasteiger partial charge >= 0.3 is 5.97 Å². The van der Waals surface area contributed by atoms with Crippen molar-refractivity contribution in [3.05, 3.63) is 57.7 Å². The summed E-state index contributed by atoms with van der Waals surface area (Å²) in [6.45, 7) is 1.91. The Morgan fingerprint density at radius 2 is 2.24 bits per heavy atom. The van der Waals surface area contributed by atoms with E-state index in [1.807, 2.05) is 0 Å². The second kappa shape index (κ2) is 7.33. The lowest BCUT2D eigenvalue weighted by atomic mass is 10.2. The molecule has 0 aliphatic heterocycles. The quantitative estimate of drug-likeness (QED) is 0.385. The molecule has 1 atom stereocenters. The Labute approximate surface area is 152 Å². The maximum absolute atomic E-state index is 12.9. The summed E-state index contributed by atoms with van der Waals surface area (Å²) in [5, 5.41) is 0.816. The van der Waals surface area contributed by atoms with E-state index >= 15 is 0 Å². The van der Waals surface area contributed by atoms with Crippen molar-refractivity contribution in [3.8, 4) is 0 Å². The lowest BCUT2D eigenvalue weighted by Crippen LogP contribution is -2.25. The van der Waals surface area contributed by atoms with E-state index in [-0.39, 0.29) is 12.1 Å². The number of esters is 1. The van der Waals surface area contributed by atoms with Crippen molar-refractivity contribution in [1.29, 1.82) is 0 Å². The first-order valence-electron chi connectivity index (χ1n) is 7.46. The van der Waals surface area contributed by atoms with E-state index in [1.54, 1.807) is 43.5 Å². The number of nitrogens with zero attached hydrogens (tertiary/aromatic N) is 2. The summed E-state index contributed by atoms with van der Waals surface area (Å²) >= 11 is 7.16. The summed E-state index contributed by atoms with van der Waals surface area (Å²) in [5.74, 6) is 0.222. The maximum atomic E-state index is 12.9. The average Bonchev–Trinajstić information content (AvgIpc) is 3.10. The van der Waals surface area contributed by atoms with E-state index in [2.05, 4.69) is 4.98 Å². The van der Waals surface area contributed by atoms with Crippen LogP contribution in [0.2, 0.25) is 5.02 Å². The molecule has 130 valence electrons. The smallest absolute Gasteiger partial charge is 0.318 e. The molecular formula is C17H15ClN2O4S. The number of benzene rings is 1. The van der Waals surface area contributed by atoms with Gasteiger partial charge in [-0.2, -0.15) is 0 Å². The van der Waals surface area contributed by atoms with Crippen LogP contribution in [0.1, 0.15) is 12.7 Å². The number of methoxy groups -OCH3 is 1. The van der Waals surface area contributed by atoms with Gasteiger partial charge in [-0.3, -0.25) is 14.2 Å². The van der Waals surface area contributed by atoms with Gasteiger partial charge in [0, 0.05) is 5.02 Å². The van der Waals surface area contributed by atoms with E-state index in [4.69, 9.17) is 20.8 Å². The van der Waals surface area contributed by atoms with E-state index in [9.17, 15) is 9.59 Å². The second-order valence-electron chi connectivity index (χ2n) is 5.31. The van der Waals surface area contributed by atoms with Gasteiger partial charge < -0.3 is 9.15 Å². The molecule has 0 aliphatic carbocycles. The number of fused-ring (bicyclic) bond motifs is 1. The summed E-state index contributed by atoms with van der Waals surface area (Å²) in [4.78, 5) is 29.2. The van der Waals surface area contributed by atoms with E-state index in [0.29, 0.717) is 26.8 Å². The summed E-state index contributed by atoms with van der Waals surface area (Å²) in [6.07, 6.45) is 1.54. The Hall–Kier alpha value is -2.25. The highest BCUT2D eigenvalue weighted by molar-refractivity contribution is 8.00. The summed E-state index contributed by atoms with van der Waals surface area (Å²) in [7, 11) is 1.32. The van der Waals surface area contributed by atoms with Gasteiger partial charge in [-0.25, -0.2) is 4.98 Å². The van der Waals surface area contributed by atoms with Gasteiger partial charge in [0.15, 0.2) is 5.16 Å². The SMILES string of the molecule is COC(=O)[C@@H](C)Sc1nc2cc(Cl)ccc2c(=O)n1Cc1ccco1. The third-order valence-electron chi connectivity index (χ3n) is 3.59. The number of carbonyl (C=O) groups is 1. The van der Waals surface area contributed by atoms with Crippen LogP contribution in [-0.4, -0.2) is 27.9 Å². The van der Waals surface area contributed by atoms with Crippen LogP contribution < -0.4 is 5.56 Å². The summed E-state index contributed by atoms with van der Waals surface area (Å²) in [6, 6.07) is 8.44. The van der Waals surface area contributed by atoms with Crippen molar-refractivity contribution >= 4 is 40.2 Å². The fraction of sp³-hybridized carbons (Fsp3) is 0.235. The lowest BCUT2D eigenvalue weighted by molar-refractivity contribution is -0.139. The number of rotatable bonds is 5. The first-order chi connectivity index (χ1) is 12.0. The van der Waals surface area contributed by atoms with Crippen LogP contribution in [0.3, 0.4) is 0 Å². The molecule has 0 spiro atoms. The van der Waals surface area contributed by atoms with Crippen molar-refractivity contribution in [2.75, 3.05) is 7.11 Å². The summed E-state index contributed by atoms with van der Waals surface area (Å²) in [5.41, 5.74) is 0.255. The molecule has 3 aromatic rings. The van der Waals surface area contributed by atoms with Crippen molar-refractivity contribution in [2.45, 2.75) is 23.9 Å². The number of thioether (sulfide) groups is 1. The van der Waals surface area contributed by atoms with Gasteiger partial charge in [-0.15, -0.1) is 0 Å². The number of halogens is 1. The molecule has 25 heavy (non-hydrogen) atoms. The Morgan fingerprint density at radius 3 is 2.92 bits per heavy atom. The molecule has 3 rings (SSSR count). The monoisotopic (exact) mass is 378 g/mol. The lowest BCUT2D eigenvalue weighted by Gasteiger charge is -2.14. The first-order valence-corrected chi connectivity index (χ1v) is 8.72. The highest BCUT2D eigenvalue weighted by atomic mass is 35.5. The largest absolute Gasteiger partial charge is 0.468 e. The highest BCUT2D eigenvalue weighted by Gasteiger charge is 2.20. The molecule has 8 heteroatoms. The van der Waals surface area contributed by atoms with Crippen molar-refractivity contribution in [2.24, 2.45) is 0 Å². The minimum atomic E-state index is -0.517. The molecule has 1 aromatic carbocycles. The number of ether oxygens (including phenoxy) is 1. The molecule has 0 radical (unpaired) electrons. The zero-order valence-corrected chi connectivity index (χ0v) is 15.1. The molecule has 0 bridgehead atoms. The molecule has 2 aromatic heterocycles. The van der Waals surface area contributed by atoms with Crippen LogP contribution in [0.4, 0.5) is 0 Å². The van der Waals surface area contributed by atoms with Crippen LogP contribution in [0.15, 0.2) is 51.0 Å². The molecule has 6 nitrogen and oxygen atoms in total. The van der Waals surface area contributed by atoms with Crippen LogP contribution in [0, 0.1) is 0 Å². The molecule has 0 N–H and O–H groups in total. The molecule has 0 unspecified atom stereocenters. The van der Waals surface area contributed by atoms with E-state index < -0.39 is 11.2 Å². The van der Waals surface area contributed by atoms with Gasteiger partial charge in [0.05, 0.1) is 30.8 Å². The van der Waals surface area contributed by atoms with Crippen LogP contribution >= 0.6 is 23.4 Å². The normalized spacial score (nSPS) is 12.3. The predicted octanol–water partition coefficient (Wildman–Crippen LogP) is 3.34.